The van der Waals surface area contributed by atoms with E-state index in [9.17, 15) is 5.11 Å². The molecular formula is C17H21NO2. The molecule has 0 aliphatic carbocycles. The van der Waals surface area contributed by atoms with E-state index in [2.05, 4.69) is 25.2 Å². The van der Waals surface area contributed by atoms with Crippen molar-refractivity contribution in [2.45, 2.75) is 20.0 Å². The minimum Gasteiger partial charge on any atom is -0.457 e. The van der Waals surface area contributed by atoms with E-state index in [0.717, 1.165) is 17.1 Å². The second-order valence-corrected chi connectivity index (χ2v) is 5.07. The normalized spacial score (nSPS) is 12.2. The molecule has 20 heavy (non-hydrogen) atoms. The van der Waals surface area contributed by atoms with E-state index in [1.807, 2.05) is 43.4 Å². The summed E-state index contributed by atoms with van der Waals surface area (Å²) in [6, 6.07) is 13.7. The molecule has 106 valence electrons. The predicted molar refractivity (Wildman–Crippen MR) is 81.3 cm³/mol. The Hall–Kier alpha value is -1.84. The van der Waals surface area contributed by atoms with Crippen molar-refractivity contribution in [3.8, 4) is 11.5 Å². The number of aliphatic hydroxyl groups excluding tert-OH is 1. The Morgan fingerprint density at radius 1 is 1.00 bits per heavy atom. The Morgan fingerprint density at radius 3 is 2.15 bits per heavy atom. The lowest BCUT2D eigenvalue weighted by Crippen LogP contribution is -2.16. The molecule has 1 atom stereocenters. The number of aliphatic hydroxyl groups is 1. The van der Waals surface area contributed by atoms with E-state index >= 15 is 0 Å². The van der Waals surface area contributed by atoms with E-state index < -0.39 is 6.10 Å². The lowest BCUT2D eigenvalue weighted by Gasteiger charge is -2.12. The average Bonchev–Trinajstić information content (AvgIpc) is 2.38. The van der Waals surface area contributed by atoms with Crippen LogP contribution in [0.15, 0.2) is 42.5 Å². The van der Waals surface area contributed by atoms with Crippen molar-refractivity contribution in [1.82, 2.24) is 5.32 Å². The Labute approximate surface area is 120 Å². The third kappa shape index (κ3) is 3.83. The van der Waals surface area contributed by atoms with Crippen LogP contribution in [0.25, 0.3) is 0 Å². The maximum Gasteiger partial charge on any atom is 0.127 e. The molecule has 0 saturated heterocycles. The van der Waals surface area contributed by atoms with Crippen LogP contribution in [0.5, 0.6) is 11.5 Å². The summed E-state index contributed by atoms with van der Waals surface area (Å²) in [5, 5.41) is 12.8. The highest BCUT2D eigenvalue weighted by atomic mass is 16.5. The number of aryl methyl sites for hydroxylation is 2. The first-order chi connectivity index (χ1) is 9.58. The molecule has 0 spiro atoms. The summed E-state index contributed by atoms with van der Waals surface area (Å²) in [6.45, 7) is 4.64. The standard InChI is InChI=1S/C17H21NO2/c1-12-8-13(2)10-16(9-12)20-15-6-4-14(5-7-15)17(19)11-18-3/h4-10,17-19H,11H2,1-3H3. The van der Waals surface area contributed by atoms with Gasteiger partial charge < -0.3 is 15.2 Å². The van der Waals surface area contributed by atoms with Crippen molar-refractivity contribution >= 4 is 0 Å². The first-order valence-electron chi connectivity index (χ1n) is 6.77. The van der Waals surface area contributed by atoms with Crippen LogP contribution < -0.4 is 10.1 Å². The van der Waals surface area contributed by atoms with Crippen molar-refractivity contribution in [1.29, 1.82) is 0 Å². The van der Waals surface area contributed by atoms with Gasteiger partial charge >= 0.3 is 0 Å². The highest BCUT2D eigenvalue weighted by Crippen LogP contribution is 2.25. The van der Waals surface area contributed by atoms with Gasteiger partial charge in [-0.3, -0.25) is 0 Å². The molecule has 0 heterocycles. The van der Waals surface area contributed by atoms with Gasteiger partial charge in [0.25, 0.3) is 0 Å². The first kappa shape index (κ1) is 14.6. The van der Waals surface area contributed by atoms with E-state index in [4.69, 9.17) is 4.74 Å². The molecule has 0 saturated carbocycles. The molecule has 3 heteroatoms. The zero-order chi connectivity index (χ0) is 14.5. The van der Waals surface area contributed by atoms with Crippen LogP contribution in [-0.4, -0.2) is 18.7 Å². The van der Waals surface area contributed by atoms with Crippen molar-refractivity contribution in [2.75, 3.05) is 13.6 Å². The molecule has 2 N–H and O–H groups in total. The Kier molecular flexibility index (Phi) is 4.77. The summed E-state index contributed by atoms with van der Waals surface area (Å²) in [5.74, 6) is 1.61. The van der Waals surface area contributed by atoms with Gasteiger partial charge in [-0.05, 0) is 61.9 Å². The fraction of sp³-hybridized carbons (Fsp3) is 0.294. The summed E-state index contributed by atoms with van der Waals surface area (Å²) < 4.78 is 5.84. The maximum atomic E-state index is 9.87. The van der Waals surface area contributed by atoms with Crippen LogP contribution in [0.1, 0.15) is 22.8 Å². The summed E-state index contributed by atoms with van der Waals surface area (Å²) in [4.78, 5) is 0. The van der Waals surface area contributed by atoms with Crippen LogP contribution in [0.4, 0.5) is 0 Å². The largest absolute Gasteiger partial charge is 0.457 e. The van der Waals surface area contributed by atoms with E-state index in [1.165, 1.54) is 11.1 Å². The third-order valence-electron chi connectivity index (χ3n) is 3.09. The molecule has 0 radical (unpaired) electrons. The average molecular weight is 271 g/mol. The van der Waals surface area contributed by atoms with Gasteiger partial charge in [-0.2, -0.15) is 0 Å². The van der Waals surface area contributed by atoms with Gasteiger partial charge in [0.15, 0.2) is 0 Å². The van der Waals surface area contributed by atoms with Crippen LogP contribution in [0.3, 0.4) is 0 Å². The van der Waals surface area contributed by atoms with Gasteiger partial charge in [0.2, 0.25) is 0 Å². The van der Waals surface area contributed by atoms with Gasteiger partial charge in [0.05, 0.1) is 6.10 Å². The Balaban J connectivity index is 2.10. The minimum absolute atomic E-state index is 0.490. The van der Waals surface area contributed by atoms with Crippen LogP contribution in [-0.2, 0) is 0 Å². The molecule has 1 unspecified atom stereocenters. The number of nitrogens with one attached hydrogen (secondary N) is 1. The summed E-state index contributed by atoms with van der Waals surface area (Å²) in [6.07, 6.45) is -0.490. The summed E-state index contributed by atoms with van der Waals surface area (Å²) in [5.41, 5.74) is 3.24. The fourth-order valence-corrected chi connectivity index (χ4v) is 2.20. The van der Waals surface area contributed by atoms with Crippen molar-refractivity contribution in [2.24, 2.45) is 0 Å². The topological polar surface area (TPSA) is 41.5 Å². The van der Waals surface area contributed by atoms with Crippen molar-refractivity contribution in [3.63, 3.8) is 0 Å². The molecule has 3 nitrogen and oxygen atoms in total. The van der Waals surface area contributed by atoms with E-state index in [0.29, 0.717) is 6.54 Å². The molecular weight excluding hydrogens is 250 g/mol. The predicted octanol–water partition coefficient (Wildman–Crippen LogP) is 3.35. The van der Waals surface area contributed by atoms with Gasteiger partial charge in [-0.25, -0.2) is 0 Å². The minimum atomic E-state index is -0.490. The maximum absolute atomic E-state index is 9.87. The van der Waals surface area contributed by atoms with Crippen LogP contribution >= 0.6 is 0 Å². The first-order valence-corrected chi connectivity index (χ1v) is 6.77. The molecule has 2 rings (SSSR count). The number of hydrogen-bond donors (Lipinski definition) is 2. The quantitative estimate of drug-likeness (QED) is 0.876. The number of likely N-dealkylation sites (N-methyl/N-ethyl adjacent to an activating group) is 1. The molecule has 2 aromatic carbocycles. The molecule has 0 aromatic heterocycles. The van der Waals surface area contributed by atoms with Gasteiger partial charge in [-0.1, -0.05) is 18.2 Å². The third-order valence-corrected chi connectivity index (χ3v) is 3.09. The monoisotopic (exact) mass is 271 g/mol. The number of hydrogen-bond acceptors (Lipinski definition) is 3. The van der Waals surface area contributed by atoms with Crippen molar-refractivity contribution < 1.29 is 9.84 Å². The van der Waals surface area contributed by atoms with E-state index in [-0.39, 0.29) is 0 Å². The molecule has 0 aliphatic rings. The molecule has 0 fully saturated rings. The van der Waals surface area contributed by atoms with Crippen LogP contribution in [0.2, 0.25) is 0 Å². The second kappa shape index (κ2) is 6.55. The zero-order valence-corrected chi connectivity index (χ0v) is 12.2. The highest BCUT2D eigenvalue weighted by molar-refractivity contribution is 5.38. The lowest BCUT2D eigenvalue weighted by atomic mass is 10.1. The van der Waals surface area contributed by atoms with Gasteiger partial charge in [0.1, 0.15) is 11.5 Å². The fourth-order valence-electron chi connectivity index (χ4n) is 2.20. The Bertz CT molecular complexity index is 543. The van der Waals surface area contributed by atoms with E-state index in [1.54, 1.807) is 0 Å². The highest BCUT2D eigenvalue weighted by Gasteiger charge is 2.06. The van der Waals surface area contributed by atoms with Crippen molar-refractivity contribution in [3.05, 3.63) is 59.2 Å². The lowest BCUT2D eigenvalue weighted by molar-refractivity contribution is 0.177. The van der Waals surface area contributed by atoms with Gasteiger partial charge in [0, 0.05) is 6.54 Å². The number of ether oxygens (including phenoxy) is 1. The smallest absolute Gasteiger partial charge is 0.127 e. The van der Waals surface area contributed by atoms with Crippen LogP contribution in [0, 0.1) is 13.8 Å². The molecule has 2 aromatic rings. The Morgan fingerprint density at radius 2 is 1.60 bits per heavy atom. The second-order valence-electron chi connectivity index (χ2n) is 5.07. The number of benzene rings is 2. The molecule has 0 amide bonds. The van der Waals surface area contributed by atoms with Gasteiger partial charge in [-0.15, -0.1) is 0 Å². The SMILES string of the molecule is CNCC(O)c1ccc(Oc2cc(C)cc(C)c2)cc1. The summed E-state index contributed by atoms with van der Waals surface area (Å²) in [7, 11) is 1.82. The number of rotatable bonds is 5. The summed E-state index contributed by atoms with van der Waals surface area (Å²) >= 11 is 0. The molecule has 0 aliphatic heterocycles. The zero-order valence-electron chi connectivity index (χ0n) is 12.2. The molecule has 0 bridgehead atoms.